The maximum atomic E-state index is 6.32. The number of thiophene rings is 1. The van der Waals surface area contributed by atoms with Crippen LogP contribution in [0.2, 0.25) is 0 Å². The van der Waals surface area contributed by atoms with Crippen LogP contribution in [0.3, 0.4) is 0 Å². The Morgan fingerprint density at radius 2 is 1.69 bits per heavy atom. The molecule has 5 heterocycles. The van der Waals surface area contributed by atoms with Crippen molar-refractivity contribution in [1.29, 1.82) is 0 Å². The fourth-order valence-corrected chi connectivity index (χ4v) is 6.89. The van der Waals surface area contributed by atoms with Gasteiger partial charge in [-0.25, -0.2) is 9.97 Å². The summed E-state index contributed by atoms with van der Waals surface area (Å²) < 4.78 is 7.49. The van der Waals surface area contributed by atoms with Crippen molar-refractivity contribution in [2.24, 2.45) is 0 Å². The number of H-pyrrole nitrogens is 2. The van der Waals surface area contributed by atoms with Crippen LogP contribution in [0.25, 0.3) is 64.4 Å². The van der Waals surface area contributed by atoms with Gasteiger partial charge in [-0.1, -0.05) is 45.9 Å². The molecule has 0 unspecified atom stereocenters. The lowest BCUT2D eigenvalue weighted by molar-refractivity contribution is 0.302. The fourth-order valence-electron chi connectivity index (χ4n) is 5.74. The molecule has 0 saturated heterocycles. The zero-order valence-corrected chi connectivity index (χ0v) is 23.0. The van der Waals surface area contributed by atoms with E-state index < -0.39 is 0 Å². The first-order chi connectivity index (χ1) is 19.0. The van der Waals surface area contributed by atoms with Gasteiger partial charge < -0.3 is 14.7 Å². The van der Waals surface area contributed by atoms with Gasteiger partial charge in [0.1, 0.15) is 24.0 Å². The SMILES string of the molecule is CC(C)c1nc2c([nH]1)COc1c-2ccc2cc(-c3ccc4c(c3)c3ccncc3c3nc(C(C)C)[nH]c43)sc12. The Morgan fingerprint density at radius 1 is 0.846 bits per heavy atom. The minimum atomic E-state index is 0.319. The molecule has 0 fully saturated rings. The highest BCUT2D eigenvalue weighted by Crippen LogP contribution is 2.47. The summed E-state index contributed by atoms with van der Waals surface area (Å²) >= 11 is 1.78. The zero-order chi connectivity index (χ0) is 26.4. The third-order valence-corrected chi connectivity index (χ3v) is 9.01. The summed E-state index contributed by atoms with van der Waals surface area (Å²) in [4.78, 5) is 22.6. The molecule has 1 aliphatic heterocycles. The molecule has 0 aliphatic carbocycles. The number of ether oxygens (including phenoxy) is 1. The Hall–Kier alpha value is -4.23. The second kappa shape index (κ2) is 8.13. The summed E-state index contributed by atoms with van der Waals surface area (Å²) in [5.74, 6) is 3.61. The number of aromatic amines is 2. The third kappa shape index (κ3) is 3.29. The van der Waals surface area contributed by atoms with Crippen LogP contribution < -0.4 is 4.74 Å². The van der Waals surface area contributed by atoms with Crippen LogP contribution in [0.4, 0.5) is 0 Å². The van der Waals surface area contributed by atoms with Crippen LogP contribution in [0.1, 0.15) is 56.9 Å². The summed E-state index contributed by atoms with van der Waals surface area (Å²) in [7, 11) is 0. The number of nitrogens with zero attached hydrogens (tertiary/aromatic N) is 3. The summed E-state index contributed by atoms with van der Waals surface area (Å²) in [5, 5.41) is 5.83. The Bertz CT molecular complexity index is 2100. The molecule has 6 nitrogen and oxygen atoms in total. The molecule has 1 aliphatic rings. The summed E-state index contributed by atoms with van der Waals surface area (Å²) in [5.41, 5.74) is 6.41. The second-order valence-corrected chi connectivity index (χ2v) is 12.1. The van der Waals surface area contributed by atoms with Crippen LogP contribution in [0.5, 0.6) is 5.75 Å². The highest BCUT2D eigenvalue weighted by molar-refractivity contribution is 7.22. The van der Waals surface area contributed by atoms with E-state index in [-0.39, 0.29) is 0 Å². The molecular formula is C32H27N5OS. The molecule has 0 spiro atoms. The van der Waals surface area contributed by atoms with Gasteiger partial charge in [-0.15, -0.1) is 11.3 Å². The van der Waals surface area contributed by atoms with E-state index in [1.54, 1.807) is 11.3 Å². The topological polar surface area (TPSA) is 79.5 Å². The number of benzene rings is 3. The normalized spacial score (nSPS) is 13.2. The molecular weight excluding hydrogens is 502 g/mol. The number of imidazole rings is 2. The molecule has 7 heteroatoms. The maximum absolute atomic E-state index is 6.32. The van der Waals surface area contributed by atoms with Crippen molar-refractivity contribution < 1.29 is 4.74 Å². The minimum Gasteiger partial charge on any atom is -0.485 e. The van der Waals surface area contributed by atoms with Crippen LogP contribution in [0.15, 0.2) is 54.9 Å². The zero-order valence-electron chi connectivity index (χ0n) is 22.2. The molecule has 0 amide bonds. The summed E-state index contributed by atoms with van der Waals surface area (Å²) in [6.45, 7) is 9.16. The lowest BCUT2D eigenvalue weighted by Gasteiger charge is -2.17. The van der Waals surface area contributed by atoms with Gasteiger partial charge in [0.2, 0.25) is 0 Å². The van der Waals surface area contributed by atoms with E-state index in [4.69, 9.17) is 14.7 Å². The van der Waals surface area contributed by atoms with Gasteiger partial charge in [-0.3, -0.25) is 4.98 Å². The Balaban J connectivity index is 1.31. The van der Waals surface area contributed by atoms with Crippen molar-refractivity contribution in [2.45, 2.75) is 46.1 Å². The largest absolute Gasteiger partial charge is 0.485 e. The van der Waals surface area contributed by atoms with Gasteiger partial charge in [-0.05, 0) is 46.0 Å². The Kier molecular flexibility index (Phi) is 4.74. The highest BCUT2D eigenvalue weighted by Gasteiger charge is 2.25. The maximum Gasteiger partial charge on any atom is 0.147 e. The number of nitrogens with one attached hydrogen (secondary N) is 2. The lowest BCUT2D eigenvalue weighted by atomic mass is 9.98. The molecule has 39 heavy (non-hydrogen) atoms. The van der Waals surface area contributed by atoms with Crippen molar-refractivity contribution in [3.05, 3.63) is 72.2 Å². The summed E-state index contributed by atoms with van der Waals surface area (Å²) in [6, 6.07) is 15.5. The fraction of sp³-hybridized carbons (Fsp3) is 0.219. The molecule has 192 valence electrons. The first-order valence-corrected chi connectivity index (χ1v) is 14.3. The van der Waals surface area contributed by atoms with E-state index in [9.17, 15) is 0 Å². The summed E-state index contributed by atoms with van der Waals surface area (Å²) in [6.07, 6.45) is 3.80. The molecule has 0 atom stereocenters. The predicted molar refractivity (Wildman–Crippen MR) is 160 cm³/mol. The van der Waals surface area contributed by atoms with E-state index in [1.807, 2.05) is 12.4 Å². The monoisotopic (exact) mass is 529 g/mol. The molecule has 0 bridgehead atoms. The van der Waals surface area contributed by atoms with Crippen LogP contribution in [-0.4, -0.2) is 24.9 Å². The Morgan fingerprint density at radius 3 is 2.54 bits per heavy atom. The number of hydrogen-bond acceptors (Lipinski definition) is 5. The highest BCUT2D eigenvalue weighted by atomic mass is 32.1. The number of hydrogen-bond donors (Lipinski definition) is 2. The quantitative estimate of drug-likeness (QED) is 0.224. The molecule has 7 aromatic rings. The van der Waals surface area contributed by atoms with Crippen molar-refractivity contribution in [3.8, 4) is 27.4 Å². The van der Waals surface area contributed by atoms with Crippen molar-refractivity contribution in [1.82, 2.24) is 24.9 Å². The Labute approximate surface area is 229 Å². The first-order valence-electron chi connectivity index (χ1n) is 13.4. The van der Waals surface area contributed by atoms with Gasteiger partial charge in [0.15, 0.2) is 0 Å². The van der Waals surface area contributed by atoms with Crippen LogP contribution in [-0.2, 0) is 6.61 Å². The minimum absolute atomic E-state index is 0.319. The number of fused-ring (bicyclic) bond motifs is 11. The number of aromatic nitrogens is 5. The molecule has 4 aromatic heterocycles. The van der Waals surface area contributed by atoms with E-state index in [1.165, 1.54) is 36.7 Å². The lowest BCUT2D eigenvalue weighted by Crippen LogP contribution is -2.05. The molecule has 0 saturated carbocycles. The van der Waals surface area contributed by atoms with Crippen molar-refractivity contribution in [3.63, 3.8) is 0 Å². The average Bonchev–Trinajstić information content (AvgIpc) is 3.69. The molecule has 2 N–H and O–H groups in total. The standard InChI is InChI=1S/C32H27N5OS/c1-15(2)31-34-24-14-38-29-21(26(24)35-31)8-6-18-12-25(39-30(18)29)17-5-7-20-22(11-17)19-9-10-33-13-23(19)28-27(20)36-32(37-28)16(3)4/h5-13,15-16H,14H2,1-4H3,(H,34,35)(H,36,37). The first kappa shape index (κ1) is 22.7. The number of pyridine rings is 1. The number of rotatable bonds is 3. The van der Waals surface area contributed by atoms with E-state index in [0.717, 1.165) is 50.8 Å². The average molecular weight is 530 g/mol. The van der Waals surface area contributed by atoms with E-state index in [0.29, 0.717) is 18.4 Å². The molecule has 0 radical (unpaired) electrons. The molecule has 3 aromatic carbocycles. The van der Waals surface area contributed by atoms with Crippen LogP contribution >= 0.6 is 11.3 Å². The van der Waals surface area contributed by atoms with Gasteiger partial charge in [-0.2, -0.15) is 0 Å². The van der Waals surface area contributed by atoms with Gasteiger partial charge in [0.05, 0.1) is 27.1 Å². The van der Waals surface area contributed by atoms with Gasteiger partial charge in [0, 0.05) is 45.4 Å². The smallest absolute Gasteiger partial charge is 0.147 e. The van der Waals surface area contributed by atoms with Gasteiger partial charge in [0.25, 0.3) is 0 Å². The predicted octanol–water partition coefficient (Wildman–Crippen LogP) is 8.68. The second-order valence-electron chi connectivity index (χ2n) is 11.0. The van der Waals surface area contributed by atoms with E-state index in [2.05, 4.69) is 85.1 Å². The third-order valence-electron chi connectivity index (χ3n) is 7.81. The van der Waals surface area contributed by atoms with Crippen molar-refractivity contribution >= 4 is 54.0 Å². The van der Waals surface area contributed by atoms with Gasteiger partial charge >= 0.3 is 0 Å². The molecule has 8 rings (SSSR count). The van der Waals surface area contributed by atoms with E-state index >= 15 is 0 Å². The van der Waals surface area contributed by atoms with Crippen LogP contribution in [0, 0.1) is 0 Å². The van der Waals surface area contributed by atoms with Crippen molar-refractivity contribution in [2.75, 3.05) is 0 Å².